The first kappa shape index (κ1) is 8.69. The minimum absolute atomic E-state index is 0.316. The van der Waals surface area contributed by atoms with E-state index < -0.39 is 0 Å². The summed E-state index contributed by atoms with van der Waals surface area (Å²) in [6, 6.07) is 0.659. The predicted octanol–water partition coefficient (Wildman–Crippen LogP) is 1.71. The highest BCUT2D eigenvalue weighted by Crippen LogP contribution is 2.13. The fraction of sp³-hybridized carbons (Fsp3) is 1.00. The van der Waals surface area contributed by atoms with Crippen LogP contribution in [0.25, 0.3) is 0 Å². The highest BCUT2D eigenvalue weighted by molar-refractivity contribution is 7.99. The Kier molecular flexibility index (Phi) is 3.89. The summed E-state index contributed by atoms with van der Waals surface area (Å²) in [4.78, 5) is 0. The maximum absolute atomic E-state index is 5.86. The van der Waals surface area contributed by atoms with E-state index in [-0.39, 0.29) is 0 Å². The molecule has 2 atom stereocenters. The molecule has 1 saturated heterocycles. The molecule has 0 radical (unpaired) electrons. The van der Waals surface area contributed by atoms with Crippen LogP contribution in [0.3, 0.4) is 0 Å². The van der Waals surface area contributed by atoms with E-state index in [4.69, 9.17) is 11.6 Å². The zero-order chi connectivity index (χ0) is 7.40. The smallest absolute Gasteiger partial charge is 0.0322 e. The molecule has 2 unspecified atom stereocenters. The topological polar surface area (TPSA) is 12.0 Å². The molecule has 1 heterocycles. The van der Waals surface area contributed by atoms with Crippen LogP contribution in [0.4, 0.5) is 0 Å². The molecule has 0 aromatic heterocycles. The van der Waals surface area contributed by atoms with Crippen LogP contribution in [-0.2, 0) is 0 Å². The molecule has 3 heteroatoms. The summed E-state index contributed by atoms with van der Waals surface area (Å²) in [5, 5.41) is 3.76. The van der Waals surface area contributed by atoms with Crippen molar-refractivity contribution in [2.24, 2.45) is 0 Å². The third-order valence-corrected chi connectivity index (χ3v) is 2.92. The van der Waals surface area contributed by atoms with Crippen LogP contribution in [-0.4, -0.2) is 29.5 Å². The molecule has 0 aromatic carbocycles. The monoisotopic (exact) mass is 179 g/mol. The highest BCUT2D eigenvalue weighted by atomic mass is 35.5. The first-order chi connectivity index (χ1) is 4.79. The quantitative estimate of drug-likeness (QED) is 0.648. The summed E-state index contributed by atoms with van der Waals surface area (Å²) >= 11 is 7.89. The SMILES string of the molecule is CC(Cl)CC1CSCCN1. The zero-order valence-electron chi connectivity index (χ0n) is 6.27. The van der Waals surface area contributed by atoms with Crippen molar-refractivity contribution in [3.8, 4) is 0 Å². The third kappa shape index (κ3) is 3.13. The molecule has 60 valence electrons. The lowest BCUT2D eigenvalue weighted by molar-refractivity contribution is 0.526. The number of halogens is 1. The van der Waals surface area contributed by atoms with Crippen LogP contribution in [0.1, 0.15) is 13.3 Å². The van der Waals surface area contributed by atoms with Gasteiger partial charge in [-0.15, -0.1) is 11.6 Å². The van der Waals surface area contributed by atoms with Gasteiger partial charge in [-0.25, -0.2) is 0 Å². The average molecular weight is 180 g/mol. The Labute approximate surface area is 71.9 Å². The van der Waals surface area contributed by atoms with Crippen LogP contribution < -0.4 is 5.32 Å². The molecule has 1 aliphatic heterocycles. The second kappa shape index (κ2) is 4.47. The number of nitrogens with one attached hydrogen (secondary N) is 1. The Hall–Kier alpha value is 0.600. The summed E-state index contributed by atoms with van der Waals surface area (Å²) in [7, 11) is 0. The van der Waals surface area contributed by atoms with Crippen LogP contribution in [0.2, 0.25) is 0 Å². The van der Waals surface area contributed by atoms with Crippen molar-refractivity contribution >= 4 is 23.4 Å². The van der Waals surface area contributed by atoms with E-state index in [1.54, 1.807) is 0 Å². The van der Waals surface area contributed by atoms with Crippen molar-refractivity contribution in [3.63, 3.8) is 0 Å². The van der Waals surface area contributed by atoms with Crippen molar-refractivity contribution in [1.82, 2.24) is 5.32 Å². The molecule has 1 rings (SSSR count). The molecule has 1 nitrogen and oxygen atoms in total. The first-order valence-electron chi connectivity index (χ1n) is 3.74. The van der Waals surface area contributed by atoms with Gasteiger partial charge >= 0.3 is 0 Å². The van der Waals surface area contributed by atoms with Gasteiger partial charge in [0.1, 0.15) is 0 Å². The third-order valence-electron chi connectivity index (χ3n) is 1.61. The van der Waals surface area contributed by atoms with Crippen molar-refractivity contribution in [2.75, 3.05) is 18.1 Å². The Morgan fingerprint density at radius 2 is 2.60 bits per heavy atom. The van der Waals surface area contributed by atoms with Crippen molar-refractivity contribution in [1.29, 1.82) is 0 Å². The molecule has 0 spiro atoms. The van der Waals surface area contributed by atoms with Crippen LogP contribution in [0, 0.1) is 0 Å². The maximum Gasteiger partial charge on any atom is 0.0322 e. The lowest BCUT2D eigenvalue weighted by atomic mass is 10.2. The second-order valence-corrected chi connectivity index (χ2v) is 4.64. The number of hydrogen-bond donors (Lipinski definition) is 1. The number of hydrogen-bond acceptors (Lipinski definition) is 2. The summed E-state index contributed by atoms with van der Waals surface area (Å²) in [6.45, 7) is 3.21. The molecule has 1 fully saturated rings. The van der Waals surface area contributed by atoms with E-state index in [0.717, 1.165) is 13.0 Å². The highest BCUT2D eigenvalue weighted by Gasteiger charge is 2.14. The standard InChI is InChI=1S/C7H14ClNS/c1-6(8)4-7-5-10-3-2-9-7/h6-7,9H,2-5H2,1H3. The van der Waals surface area contributed by atoms with E-state index in [1.807, 2.05) is 11.8 Å². The van der Waals surface area contributed by atoms with Gasteiger partial charge in [-0.2, -0.15) is 11.8 Å². The van der Waals surface area contributed by atoms with E-state index in [9.17, 15) is 0 Å². The Morgan fingerprint density at radius 3 is 3.10 bits per heavy atom. The Bertz CT molecular complexity index is 91.6. The van der Waals surface area contributed by atoms with Gasteiger partial charge in [-0.1, -0.05) is 0 Å². The average Bonchev–Trinajstić information content (AvgIpc) is 1.88. The molecule has 1 N–H and O–H groups in total. The molecule has 10 heavy (non-hydrogen) atoms. The summed E-state index contributed by atoms with van der Waals surface area (Å²) in [5.74, 6) is 2.49. The molecular weight excluding hydrogens is 166 g/mol. The summed E-state index contributed by atoms with van der Waals surface area (Å²) in [5.41, 5.74) is 0. The van der Waals surface area contributed by atoms with Crippen LogP contribution in [0.15, 0.2) is 0 Å². The Balaban J connectivity index is 2.13. The van der Waals surface area contributed by atoms with Gasteiger partial charge in [-0.3, -0.25) is 0 Å². The first-order valence-corrected chi connectivity index (χ1v) is 5.33. The van der Waals surface area contributed by atoms with Gasteiger partial charge in [0.15, 0.2) is 0 Å². The van der Waals surface area contributed by atoms with E-state index in [1.165, 1.54) is 11.5 Å². The van der Waals surface area contributed by atoms with E-state index in [0.29, 0.717) is 11.4 Å². The second-order valence-electron chi connectivity index (χ2n) is 2.74. The molecule has 0 saturated carbocycles. The van der Waals surface area contributed by atoms with Gasteiger partial charge < -0.3 is 5.32 Å². The molecule has 0 amide bonds. The molecular formula is C7H14ClNS. The van der Waals surface area contributed by atoms with Crippen molar-refractivity contribution < 1.29 is 0 Å². The van der Waals surface area contributed by atoms with Crippen LogP contribution in [0.5, 0.6) is 0 Å². The van der Waals surface area contributed by atoms with Crippen molar-refractivity contribution in [2.45, 2.75) is 24.8 Å². The van der Waals surface area contributed by atoms with Gasteiger partial charge in [-0.05, 0) is 13.3 Å². The molecule has 0 aromatic rings. The fourth-order valence-corrected chi connectivity index (χ4v) is 2.35. The summed E-state index contributed by atoms with van der Waals surface area (Å²) < 4.78 is 0. The minimum atomic E-state index is 0.316. The molecule has 0 aliphatic carbocycles. The summed E-state index contributed by atoms with van der Waals surface area (Å²) in [6.07, 6.45) is 1.11. The van der Waals surface area contributed by atoms with E-state index in [2.05, 4.69) is 12.2 Å². The largest absolute Gasteiger partial charge is 0.312 e. The minimum Gasteiger partial charge on any atom is -0.312 e. The Morgan fingerprint density at radius 1 is 1.80 bits per heavy atom. The number of thioether (sulfide) groups is 1. The van der Waals surface area contributed by atoms with Crippen LogP contribution >= 0.6 is 23.4 Å². The maximum atomic E-state index is 5.86. The van der Waals surface area contributed by atoms with Gasteiger partial charge in [0.05, 0.1) is 0 Å². The zero-order valence-corrected chi connectivity index (χ0v) is 7.84. The van der Waals surface area contributed by atoms with Gasteiger partial charge in [0.25, 0.3) is 0 Å². The number of rotatable bonds is 2. The normalized spacial score (nSPS) is 30.0. The predicted molar refractivity (Wildman–Crippen MR) is 49.0 cm³/mol. The van der Waals surface area contributed by atoms with Gasteiger partial charge in [0, 0.05) is 29.5 Å². The molecule has 1 aliphatic rings. The van der Waals surface area contributed by atoms with Gasteiger partial charge in [0.2, 0.25) is 0 Å². The lowest BCUT2D eigenvalue weighted by Gasteiger charge is -2.23. The number of alkyl halides is 1. The lowest BCUT2D eigenvalue weighted by Crippen LogP contribution is -2.38. The van der Waals surface area contributed by atoms with E-state index >= 15 is 0 Å². The van der Waals surface area contributed by atoms with Crippen molar-refractivity contribution in [3.05, 3.63) is 0 Å². The molecule has 0 bridgehead atoms. The fourth-order valence-electron chi connectivity index (χ4n) is 1.16.